The molecule has 0 aromatic rings. The monoisotopic (exact) mass is 373 g/mol. The Morgan fingerprint density at radius 3 is 2.40 bits per heavy atom. The number of carbonyl (C=O) groups is 2. The highest BCUT2D eigenvalue weighted by atomic mass is 35.5. The van der Waals surface area contributed by atoms with Gasteiger partial charge in [0.25, 0.3) is 0 Å². The average Bonchev–Trinajstić information content (AvgIpc) is 2.63. The Morgan fingerprint density at radius 2 is 1.76 bits per heavy atom. The molecule has 0 unspecified atom stereocenters. The summed E-state index contributed by atoms with van der Waals surface area (Å²) in [7, 11) is 0. The van der Waals surface area contributed by atoms with Crippen molar-refractivity contribution in [2.75, 3.05) is 26.2 Å². The Balaban J connectivity index is 0.00000225. The predicted octanol–water partition coefficient (Wildman–Crippen LogP) is 1.47. The third-order valence-electron chi connectivity index (χ3n) is 5.71. The number of nitrogens with zero attached hydrogens (tertiary/aromatic N) is 1. The Kier molecular flexibility index (Phi) is 7.97. The quantitative estimate of drug-likeness (QED) is 0.786. The molecule has 144 valence electrons. The van der Waals surface area contributed by atoms with Crippen molar-refractivity contribution in [3.63, 3.8) is 0 Å². The van der Waals surface area contributed by atoms with Crippen LogP contribution < -0.4 is 10.6 Å². The van der Waals surface area contributed by atoms with Gasteiger partial charge in [-0.2, -0.15) is 0 Å². The maximum atomic E-state index is 12.6. The molecule has 0 radical (unpaired) electrons. The van der Waals surface area contributed by atoms with Crippen molar-refractivity contribution in [3.8, 4) is 0 Å². The fourth-order valence-corrected chi connectivity index (χ4v) is 4.13. The van der Waals surface area contributed by atoms with E-state index in [1.807, 2.05) is 11.8 Å². The molecule has 3 fully saturated rings. The number of hydrogen-bond donors (Lipinski definition) is 2. The minimum atomic E-state index is -0.230. The average molecular weight is 374 g/mol. The van der Waals surface area contributed by atoms with E-state index in [0.717, 1.165) is 45.3 Å². The van der Waals surface area contributed by atoms with Crippen molar-refractivity contribution >= 4 is 24.2 Å². The van der Waals surface area contributed by atoms with Gasteiger partial charge < -0.3 is 20.3 Å². The van der Waals surface area contributed by atoms with E-state index in [4.69, 9.17) is 4.74 Å². The maximum Gasteiger partial charge on any atom is 0.242 e. The summed E-state index contributed by atoms with van der Waals surface area (Å²) in [4.78, 5) is 26.9. The van der Waals surface area contributed by atoms with Gasteiger partial charge >= 0.3 is 0 Å². The van der Waals surface area contributed by atoms with E-state index in [0.29, 0.717) is 6.61 Å². The summed E-state index contributed by atoms with van der Waals surface area (Å²) in [5, 5.41) is 6.49. The Labute approximate surface area is 156 Å². The van der Waals surface area contributed by atoms with Crippen molar-refractivity contribution in [2.24, 2.45) is 5.92 Å². The van der Waals surface area contributed by atoms with Crippen LogP contribution in [0.1, 0.15) is 51.9 Å². The summed E-state index contributed by atoms with van der Waals surface area (Å²) < 4.78 is 5.58. The topological polar surface area (TPSA) is 70.7 Å². The van der Waals surface area contributed by atoms with Gasteiger partial charge in [-0.15, -0.1) is 12.4 Å². The third kappa shape index (κ3) is 5.31. The maximum absolute atomic E-state index is 12.6. The summed E-state index contributed by atoms with van der Waals surface area (Å²) in [5.41, 5.74) is 0. The first-order chi connectivity index (χ1) is 11.6. The van der Waals surface area contributed by atoms with Gasteiger partial charge in [0.1, 0.15) is 6.04 Å². The van der Waals surface area contributed by atoms with E-state index in [1.54, 1.807) is 0 Å². The summed E-state index contributed by atoms with van der Waals surface area (Å²) >= 11 is 0. The van der Waals surface area contributed by atoms with Gasteiger partial charge in [0.05, 0.1) is 12.7 Å². The lowest BCUT2D eigenvalue weighted by molar-refractivity contribution is -0.140. The molecule has 7 heteroatoms. The van der Waals surface area contributed by atoms with Crippen LogP contribution in [-0.2, 0) is 14.3 Å². The molecule has 2 saturated heterocycles. The Hall–Kier alpha value is -0.850. The molecule has 2 aliphatic heterocycles. The molecular weight excluding hydrogens is 342 g/mol. The molecular formula is C18H32ClN3O3. The Morgan fingerprint density at radius 1 is 1.08 bits per heavy atom. The van der Waals surface area contributed by atoms with Gasteiger partial charge in [0.2, 0.25) is 11.8 Å². The number of morpholine rings is 1. The highest BCUT2D eigenvalue weighted by Crippen LogP contribution is 2.24. The number of carbonyl (C=O) groups excluding carboxylic acids is 2. The molecule has 1 saturated carbocycles. The van der Waals surface area contributed by atoms with Gasteiger partial charge in [0, 0.05) is 31.6 Å². The second-order valence-electron chi connectivity index (χ2n) is 7.45. The van der Waals surface area contributed by atoms with Crippen molar-refractivity contribution in [1.82, 2.24) is 15.5 Å². The molecule has 25 heavy (non-hydrogen) atoms. The van der Waals surface area contributed by atoms with Gasteiger partial charge in [-0.1, -0.05) is 19.3 Å². The molecule has 2 atom stereocenters. The van der Waals surface area contributed by atoms with Crippen LogP contribution in [0.3, 0.4) is 0 Å². The molecule has 0 aromatic carbocycles. The molecule has 0 bridgehead atoms. The molecule has 3 aliphatic rings. The van der Waals surface area contributed by atoms with Crippen LogP contribution in [0.2, 0.25) is 0 Å². The number of ether oxygens (including phenoxy) is 1. The van der Waals surface area contributed by atoms with Gasteiger partial charge in [-0.3, -0.25) is 9.59 Å². The summed E-state index contributed by atoms with van der Waals surface area (Å²) in [5.74, 6) is 0.581. The van der Waals surface area contributed by atoms with E-state index in [9.17, 15) is 9.59 Å². The zero-order valence-corrected chi connectivity index (χ0v) is 16.0. The fourth-order valence-electron chi connectivity index (χ4n) is 4.13. The molecule has 6 nitrogen and oxygen atoms in total. The summed E-state index contributed by atoms with van der Waals surface area (Å²) in [6.45, 7) is 4.79. The first kappa shape index (κ1) is 20.5. The van der Waals surface area contributed by atoms with E-state index in [2.05, 4.69) is 10.6 Å². The largest absolute Gasteiger partial charge is 0.375 e. The number of nitrogens with one attached hydrogen (secondary N) is 2. The van der Waals surface area contributed by atoms with Crippen molar-refractivity contribution in [1.29, 1.82) is 0 Å². The van der Waals surface area contributed by atoms with Crippen LogP contribution in [0, 0.1) is 5.92 Å². The molecule has 2 heterocycles. The van der Waals surface area contributed by atoms with Crippen molar-refractivity contribution in [2.45, 2.75) is 70.1 Å². The van der Waals surface area contributed by atoms with E-state index in [1.165, 1.54) is 19.3 Å². The van der Waals surface area contributed by atoms with Crippen LogP contribution in [0.25, 0.3) is 0 Å². The molecule has 1 aliphatic carbocycles. The van der Waals surface area contributed by atoms with E-state index < -0.39 is 0 Å². The van der Waals surface area contributed by atoms with Crippen LogP contribution in [-0.4, -0.2) is 61.1 Å². The fraction of sp³-hybridized carbons (Fsp3) is 0.889. The van der Waals surface area contributed by atoms with Gasteiger partial charge in [-0.25, -0.2) is 0 Å². The molecule has 2 amide bonds. The highest BCUT2D eigenvalue weighted by Gasteiger charge is 2.34. The summed E-state index contributed by atoms with van der Waals surface area (Å²) in [6.07, 6.45) is 7.33. The number of halogens is 1. The molecule has 2 N–H and O–H groups in total. The predicted molar refractivity (Wildman–Crippen MR) is 98.8 cm³/mol. The summed E-state index contributed by atoms with van der Waals surface area (Å²) in [6, 6.07) is -0.0106. The van der Waals surface area contributed by atoms with E-state index >= 15 is 0 Å². The normalized spacial score (nSPS) is 28.9. The number of hydrogen-bond acceptors (Lipinski definition) is 4. The van der Waals surface area contributed by atoms with Crippen LogP contribution in [0.15, 0.2) is 0 Å². The standard InChI is InChI=1S/C18H31N3O3.ClH/c1-13-16(19-9-12-24-13)18(23)21-10-7-15(8-11-21)20-17(22)14-5-3-2-4-6-14;/h13-16,19H,2-12H2,1H3,(H,20,22);1H/t13-,16+;/m1./s1. The van der Waals surface area contributed by atoms with Gasteiger partial charge in [0.15, 0.2) is 0 Å². The van der Waals surface area contributed by atoms with E-state index in [-0.39, 0.29) is 48.3 Å². The van der Waals surface area contributed by atoms with Gasteiger partial charge in [-0.05, 0) is 32.6 Å². The number of piperidine rings is 1. The minimum absolute atomic E-state index is 0. The van der Waals surface area contributed by atoms with Crippen LogP contribution >= 0.6 is 12.4 Å². The SMILES string of the molecule is C[C@H]1OCCN[C@@H]1C(=O)N1CCC(NC(=O)C2CCCCC2)CC1.Cl. The highest BCUT2D eigenvalue weighted by molar-refractivity contribution is 5.85. The number of amides is 2. The van der Waals surface area contributed by atoms with Crippen molar-refractivity contribution < 1.29 is 14.3 Å². The zero-order chi connectivity index (χ0) is 16.9. The van der Waals surface area contributed by atoms with Crippen LogP contribution in [0.5, 0.6) is 0 Å². The van der Waals surface area contributed by atoms with Crippen molar-refractivity contribution in [3.05, 3.63) is 0 Å². The first-order valence-corrected chi connectivity index (χ1v) is 9.59. The second-order valence-corrected chi connectivity index (χ2v) is 7.45. The first-order valence-electron chi connectivity index (χ1n) is 9.59. The molecule has 0 aromatic heterocycles. The minimum Gasteiger partial charge on any atom is -0.375 e. The smallest absolute Gasteiger partial charge is 0.242 e. The van der Waals surface area contributed by atoms with Crippen LogP contribution in [0.4, 0.5) is 0 Å². The third-order valence-corrected chi connectivity index (χ3v) is 5.71. The second kappa shape index (κ2) is 9.74. The zero-order valence-electron chi connectivity index (χ0n) is 15.2. The lowest BCUT2D eigenvalue weighted by Gasteiger charge is -2.38. The number of rotatable bonds is 3. The lowest BCUT2D eigenvalue weighted by Crippen LogP contribution is -2.58. The number of likely N-dealkylation sites (tertiary alicyclic amines) is 1. The molecule has 0 spiro atoms. The Bertz CT molecular complexity index is 449. The lowest BCUT2D eigenvalue weighted by atomic mass is 9.88. The molecule has 3 rings (SSSR count).